The monoisotopic (exact) mass is 578 g/mol. The van der Waals surface area contributed by atoms with E-state index in [4.69, 9.17) is 4.74 Å². The minimum atomic E-state index is -3.57. The summed E-state index contributed by atoms with van der Waals surface area (Å²) in [7, 11) is 0. The first kappa shape index (κ1) is 31.2. The molecule has 0 unspecified atom stereocenters. The fraction of sp³-hybridized carbons (Fsp3) is 0.833. The lowest BCUT2D eigenvalue weighted by atomic mass is 9.68. The Labute approximate surface area is 246 Å². The molecule has 0 heterocycles. The third-order valence-corrected chi connectivity index (χ3v) is 12.1. The molecule has 1 aromatic carbocycles. The number of alkyl halides is 2. The molecule has 1 nitrogen and oxygen atoms in total. The zero-order valence-electron chi connectivity index (χ0n) is 25.6. The quantitative estimate of drug-likeness (QED) is 0.265. The fourth-order valence-corrected chi connectivity index (χ4v) is 9.41. The molecule has 41 heavy (non-hydrogen) atoms. The molecular formula is C36H54F4O. The van der Waals surface area contributed by atoms with Gasteiger partial charge in [0.2, 0.25) is 0 Å². The molecule has 5 heteroatoms. The van der Waals surface area contributed by atoms with Gasteiger partial charge in [0.1, 0.15) is 0 Å². The molecule has 4 aliphatic carbocycles. The van der Waals surface area contributed by atoms with E-state index in [2.05, 4.69) is 13.8 Å². The summed E-state index contributed by atoms with van der Waals surface area (Å²) in [6.45, 7) is 4.52. The van der Waals surface area contributed by atoms with E-state index < -0.39 is 29.4 Å². The van der Waals surface area contributed by atoms with E-state index in [1.54, 1.807) is 0 Å². The van der Waals surface area contributed by atoms with E-state index in [1.807, 2.05) is 0 Å². The van der Waals surface area contributed by atoms with Crippen molar-refractivity contribution in [1.82, 2.24) is 0 Å². The van der Waals surface area contributed by atoms with Crippen molar-refractivity contribution in [2.45, 2.75) is 148 Å². The summed E-state index contributed by atoms with van der Waals surface area (Å²) < 4.78 is 65.5. The van der Waals surface area contributed by atoms with Gasteiger partial charge in [0.25, 0.3) is 0 Å². The van der Waals surface area contributed by atoms with Gasteiger partial charge in [-0.3, -0.25) is 0 Å². The van der Waals surface area contributed by atoms with Gasteiger partial charge in [-0.05, 0) is 136 Å². The second-order valence-corrected chi connectivity index (χ2v) is 14.5. The third kappa shape index (κ3) is 7.64. The maximum atomic E-state index is 15.2. The molecule has 0 atom stereocenters. The average molecular weight is 579 g/mol. The summed E-state index contributed by atoms with van der Waals surface area (Å²) in [5.74, 6) is 0.591. The van der Waals surface area contributed by atoms with Crippen LogP contribution in [0.15, 0.2) is 12.1 Å². The van der Waals surface area contributed by atoms with Crippen molar-refractivity contribution in [3.63, 3.8) is 0 Å². The van der Waals surface area contributed by atoms with Crippen LogP contribution < -0.4 is 4.74 Å². The van der Waals surface area contributed by atoms with Gasteiger partial charge in [-0.15, -0.1) is 0 Å². The van der Waals surface area contributed by atoms with Crippen molar-refractivity contribution in [2.24, 2.45) is 41.4 Å². The fourth-order valence-electron chi connectivity index (χ4n) is 9.41. The molecule has 0 radical (unpaired) electrons. The second kappa shape index (κ2) is 14.0. The summed E-state index contributed by atoms with van der Waals surface area (Å²) in [4.78, 5) is 0. The average Bonchev–Trinajstić information content (AvgIpc) is 3.00. The van der Waals surface area contributed by atoms with Gasteiger partial charge < -0.3 is 4.74 Å². The van der Waals surface area contributed by atoms with Crippen molar-refractivity contribution in [3.05, 3.63) is 29.3 Å². The minimum absolute atomic E-state index is 0.0870. The molecule has 4 aliphatic rings. The Balaban J connectivity index is 1.12. The van der Waals surface area contributed by atoms with E-state index in [0.29, 0.717) is 36.2 Å². The highest BCUT2D eigenvalue weighted by molar-refractivity contribution is 5.33. The highest BCUT2D eigenvalue weighted by Gasteiger charge is 2.46. The van der Waals surface area contributed by atoms with Crippen molar-refractivity contribution in [3.8, 4) is 5.75 Å². The molecule has 0 aromatic heterocycles. The lowest BCUT2D eigenvalue weighted by Crippen LogP contribution is -2.38. The van der Waals surface area contributed by atoms with Crippen LogP contribution in [0.25, 0.3) is 0 Å². The maximum absolute atomic E-state index is 15.2. The minimum Gasteiger partial charge on any atom is -0.426 e. The van der Waals surface area contributed by atoms with E-state index in [0.717, 1.165) is 56.3 Å². The summed E-state index contributed by atoms with van der Waals surface area (Å²) in [6, 6.07) is 2.53. The number of hydrogen-bond donors (Lipinski definition) is 0. The molecule has 232 valence electrons. The number of ether oxygens (including phenoxy) is 1. The number of benzene rings is 1. The van der Waals surface area contributed by atoms with E-state index in [-0.39, 0.29) is 5.92 Å². The van der Waals surface area contributed by atoms with Crippen LogP contribution in [0.4, 0.5) is 17.6 Å². The summed E-state index contributed by atoms with van der Waals surface area (Å²) in [5, 5.41) is 0. The zero-order valence-corrected chi connectivity index (χ0v) is 25.6. The first-order valence-electron chi connectivity index (χ1n) is 17.3. The largest absolute Gasteiger partial charge is 0.426 e. The van der Waals surface area contributed by atoms with Gasteiger partial charge in [0.05, 0.1) is 5.92 Å². The topological polar surface area (TPSA) is 9.23 Å². The molecule has 0 spiro atoms. The van der Waals surface area contributed by atoms with Crippen LogP contribution in [-0.4, -0.2) is 6.11 Å². The predicted molar refractivity (Wildman–Crippen MR) is 158 cm³/mol. The maximum Gasteiger partial charge on any atom is 0.400 e. The number of halogens is 4. The smallest absolute Gasteiger partial charge is 0.400 e. The van der Waals surface area contributed by atoms with Crippen molar-refractivity contribution < 1.29 is 22.3 Å². The lowest BCUT2D eigenvalue weighted by Gasteiger charge is -2.39. The van der Waals surface area contributed by atoms with Crippen LogP contribution in [0.1, 0.15) is 147 Å². The van der Waals surface area contributed by atoms with Crippen LogP contribution in [0, 0.1) is 53.1 Å². The normalized spacial score (nSPS) is 35.3. The van der Waals surface area contributed by atoms with E-state index >= 15 is 17.6 Å². The van der Waals surface area contributed by atoms with Crippen molar-refractivity contribution in [1.29, 1.82) is 0 Å². The molecule has 0 aliphatic heterocycles. The van der Waals surface area contributed by atoms with Crippen molar-refractivity contribution >= 4 is 0 Å². The number of rotatable bonds is 9. The second-order valence-electron chi connectivity index (χ2n) is 14.5. The Morgan fingerprint density at radius 3 is 1.54 bits per heavy atom. The molecule has 0 amide bonds. The Morgan fingerprint density at radius 1 is 0.634 bits per heavy atom. The summed E-state index contributed by atoms with van der Waals surface area (Å²) in [5.41, 5.74) is 0.596. The van der Waals surface area contributed by atoms with Gasteiger partial charge in [-0.2, -0.15) is 8.78 Å². The standard InChI is InChI=1S/C36H54F4O/c1-3-5-25-8-12-27(13-9-25)28-14-16-30(17-15-28)31-22-33(37)35(34(38)23-31)41-36(39,40)32-20-18-29(19-21-32)26-10-6-24(4-2)7-11-26/h22-30,32H,3-21H2,1-2H3. The molecule has 0 bridgehead atoms. The lowest BCUT2D eigenvalue weighted by molar-refractivity contribution is -0.226. The highest BCUT2D eigenvalue weighted by Crippen LogP contribution is 2.48. The van der Waals surface area contributed by atoms with Crippen LogP contribution in [-0.2, 0) is 0 Å². The Bertz CT molecular complexity index is 923. The molecule has 1 aromatic rings. The SMILES string of the molecule is CCCC1CCC(C2CCC(c3cc(F)c(OC(F)(F)C4CCC(C5CCC(CC)CC5)CC4)c(F)c3)CC2)CC1. The zero-order chi connectivity index (χ0) is 29.0. The van der Waals surface area contributed by atoms with Gasteiger partial charge in [0.15, 0.2) is 17.4 Å². The summed E-state index contributed by atoms with van der Waals surface area (Å²) in [6.07, 6.45) is 16.8. The van der Waals surface area contributed by atoms with Crippen LogP contribution >= 0.6 is 0 Å². The third-order valence-electron chi connectivity index (χ3n) is 12.1. The van der Waals surface area contributed by atoms with Gasteiger partial charge in [-0.1, -0.05) is 58.8 Å². The first-order valence-corrected chi connectivity index (χ1v) is 17.3. The highest BCUT2D eigenvalue weighted by atomic mass is 19.3. The Morgan fingerprint density at radius 2 is 1.07 bits per heavy atom. The van der Waals surface area contributed by atoms with Crippen LogP contribution in [0.5, 0.6) is 5.75 Å². The molecule has 4 saturated carbocycles. The van der Waals surface area contributed by atoms with Crippen LogP contribution in [0.3, 0.4) is 0 Å². The van der Waals surface area contributed by atoms with Gasteiger partial charge >= 0.3 is 6.11 Å². The van der Waals surface area contributed by atoms with Gasteiger partial charge in [0, 0.05) is 0 Å². The van der Waals surface area contributed by atoms with Crippen LogP contribution in [0.2, 0.25) is 0 Å². The summed E-state index contributed by atoms with van der Waals surface area (Å²) >= 11 is 0. The van der Waals surface area contributed by atoms with E-state index in [1.165, 1.54) is 82.8 Å². The first-order chi connectivity index (χ1) is 19.8. The Kier molecular flexibility index (Phi) is 10.7. The molecule has 0 saturated heterocycles. The molecular weight excluding hydrogens is 524 g/mol. The molecule has 4 fully saturated rings. The van der Waals surface area contributed by atoms with Gasteiger partial charge in [-0.25, -0.2) is 8.78 Å². The molecule has 5 rings (SSSR count). The van der Waals surface area contributed by atoms with E-state index in [9.17, 15) is 0 Å². The van der Waals surface area contributed by atoms with Crippen molar-refractivity contribution in [2.75, 3.05) is 0 Å². The predicted octanol–water partition coefficient (Wildman–Crippen LogP) is 11.8. The molecule has 0 N–H and O–H groups in total. The Hall–Kier alpha value is -1.26. The number of hydrogen-bond acceptors (Lipinski definition) is 1.